The summed E-state index contributed by atoms with van der Waals surface area (Å²) >= 11 is 5.92. The highest BCUT2D eigenvalue weighted by molar-refractivity contribution is 7.80. The van der Waals surface area contributed by atoms with Crippen LogP contribution < -0.4 is 15.0 Å². The molecule has 1 aliphatic rings. The predicted octanol–water partition coefficient (Wildman–Crippen LogP) is 6.68. The number of nitrogens with one attached hydrogen (secondary N) is 1. The zero-order valence-electron chi connectivity index (χ0n) is 21.4. The minimum atomic E-state index is -0.0853. The van der Waals surface area contributed by atoms with Crippen LogP contribution in [0.3, 0.4) is 0 Å². The predicted molar refractivity (Wildman–Crippen MR) is 150 cm³/mol. The molecular formula is C30H32N4OS. The molecule has 0 unspecified atom stereocenters. The topological polar surface area (TPSA) is 42.3 Å². The Hall–Kier alpha value is -3.64. The van der Waals surface area contributed by atoms with E-state index in [4.69, 9.17) is 21.9 Å². The number of benzene rings is 2. The molecule has 0 saturated carbocycles. The maximum Gasteiger partial charge on any atom is 0.174 e. The number of aryl methyl sites for hydroxylation is 3. The molecule has 3 heterocycles. The molecule has 5 nitrogen and oxygen atoms in total. The van der Waals surface area contributed by atoms with Gasteiger partial charge in [0.2, 0.25) is 0 Å². The van der Waals surface area contributed by atoms with Crippen molar-refractivity contribution in [3.63, 3.8) is 0 Å². The SMILES string of the molecule is CCOc1ccc(N2C(=S)N[C@H](c3ccccn3)[C@@H]2c2cc(C)n(-c3cc(C)ccc3C)c2C)cc1. The van der Waals surface area contributed by atoms with Crippen LogP contribution in [0, 0.1) is 27.7 Å². The van der Waals surface area contributed by atoms with Gasteiger partial charge in [0.1, 0.15) is 5.75 Å². The van der Waals surface area contributed by atoms with E-state index in [1.54, 1.807) is 0 Å². The molecule has 2 atom stereocenters. The van der Waals surface area contributed by atoms with Gasteiger partial charge < -0.3 is 19.5 Å². The van der Waals surface area contributed by atoms with Gasteiger partial charge in [0.05, 0.1) is 24.4 Å². The van der Waals surface area contributed by atoms with E-state index in [9.17, 15) is 0 Å². The van der Waals surface area contributed by atoms with Crippen molar-refractivity contribution in [3.8, 4) is 11.4 Å². The van der Waals surface area contributed by atoms with Crippen molar-refractivity contribution in [2.75, 3.05) is 11.5 Å². The molecule has 184 valence electrons. The van der Waals surface area contributed by atoms with Crippen LogP contribution in [-0.2, 0) is 0 Å². The van der Waals surface area contributed by atoms with Crippen molar-refractivity contribution >= 4 is 23.0 Å². The third-order valence-electron chi connectivity index (χ3n) is 6.92. The summed E-state index contributed by atoms with van der Waals surface area (Å²) in [6, 6.07) is 23.0. The van der Waals surface area contributed by atoms with Gasteiger partial charge in [-0.2, -0.15) is 0 Å². The number of nitrogens with zero attached hydrogens (tertiary/aromatic N) is 3. The van der Waals surface area contributed by atoms with Crippen LogP contribution in [0.15, 0.2) is 72.9 Å². The third-order valence-corrected chi connectivity index (χ3v) is 7.23. The highest BCUT2D eigenvalue weighted by Gasteiger charge is 2.42. The van der Waals surface area contributed by atoms with Gasteiger partial charge in [-0.05, 0) is 112 Å². The molecule has 0 radical (unpaired) electrons. The van der Waals surface area contributed by atoms with Gasteiger partial charge >= 0.3 is 0 Å². The first kappa shape index (κ1) is 24.1. The Morgan fingerprint density at radius 2 is 1.75 bits per heavy atom. The molecule has 2 aromatic carbocycles. The van der Waals surface area contributed by atoms with Crippen LogP contribution >= 0.6 is 12.2 Å². The monoisotopic (exact) mass is 496 g/mol. The Morgan fingerprint density at radius 3 is 2.44 bits per heavy atom. The Morgan fingerprint density at radius 1 is 0.972 bits per heavy atom. The van der Waals surface area contributed by atoms with Crippen molar-refractivity contribution < 1.29 is 4.74 Å². The van der Waals surface area contributed by atoms with Crippen molar-refractivity contribution in [1.29, 1.82) is 0 Å². The quantitative estimate of drug-likeness (QED) is 0.302. The van der Waals surface area contributed by atoms with Gasteiger partial charge in [0.15, 0.2) is 5.11 Å². The van der Waals surface area contributed by atoms with Crippen LogP contribution in [-0.4, -0.2) is 21.3 Å². The number of aromatic nitrogens is 2. The second-order valence-corrected chi connectivity index (χ2v) is 9.76. The zero-order chi connectivity index (χ0) is 25.4. The average Bonchev–Trinajstić information content (AvgIpc) is 3.37. The first-order valence-electron chi connectivity index (χ1n) is 12.4. The van der Waals surface area contributed by atoms with Gasteiger partial charge in [0.25, 0.3) is 0 Å². The maximum atomic E-state index is 5.92. The highest BCUT2D eigenvalue weighted by Crippen LogP contribution is 2.44. The first-order chi connectivity index (χ1) is 17.4. The van der Waals surface area contributed by atoms with E-state index >= 15 is 0 Å². The molecule has 6 heteroatoms. The molecule has 1 saturated heterocycles. The van der Waals surface area contributed by atoms with Gasteiger partial charge in [-0.25, -0.2) is 0 Å². The lowest BCUT2D eigenvalue weighted by Crippen LogP contribution is -2.29. The summed E-state index contributed by atoms with van der Waals surface area (Å²) in [5.41, 5.74) is 9.33. The summed E-state index contributed by atoms with van der Waals surface area (Å²) in [4.78, 5) is 6.93. The number of pyridine rings is 1. The second kappa shape index (κ2) is 9.78. The van der Waals surface area contributed by atoms with Crippen molar-refractivity contribution in [3.05, 3.63) is 107 Å². The first-order valence-corrected chi connectivity index (χ1v) is 12.8. The lowest BCUT2D eigenvalue weighted by molar-refractivity contribution is 0.340. The lowest BCUT2D eigenvalue weighted by Gasteiger charge is -2.28. The Labute approximate surface area is 218 Å². The van der Waals surface area contributed by atoms with Crippen LogP contribution in [0.5, 0.6) is 5.75 Å². The standard InChI is InChI=1S/C30H32N4OS/c1-6-35-24-14-12-23(13-15-24)34-29(28(32-30(34)36)26-9-7-8-16-31-26)25-18-21(4)33(22(25)5)27-17-19(2)10-11-20(27)3/h7-18,28-29H,6H2,1-5H3,(H,32,36)/t28-,29+/m1/s1. The van der Waals surface area contributed by atoms with Crippen LogP contribution in [0.4, 0.5) is 5.69 Å². The van der Waals surface area contributed by atoms with Gasteiger partial charge in [-0.15, -0.1) is 0 Å². The van der Waals surface area contributed by atoms with Crippen LogP contribution in [0.1, 0.15) is 52.8 Å². The van der Waals surface area contributed by atoms with Gasteiger partial charge in [-0.1, -0.05) is 18.2 Å². The number of hydrogen-bond acceptors (Lipinski definition) is 3. The Bertz CT molecular complexity index is 1390. The van der Waals surface area contributed by atoms with Crippen molar-refractivity contribution in [2.45, 2.75) is 46.7 Å². The van der Waals surface area contributed by atoms with E-state index in [0.29, 0.717) is 11.7 Å². The molecule has 1 N–H and O–H groups in total. The van der Waals surface area contributed by atoms with E-state index in [-0.39, 0.29) is 12.1 Å². The summed E-state index contributed by atoms with van der Waals surface area (Å²) < 4.78 is 8.05. The number of thiocarbonyl (C=S) groups is 1. The Kier molecular flexibility index (Phi) is 6.54. The van der Waals surface area contributed by atoms with E-state index in [1.807, 2.05) is 37.4 Å². The van der Waals surface area contributed by atoms with E-state index in [1.165, 1.54) is 33.8 Å². The number of anilines is 1. The molecule has 1 fully saturated rings. The number of ether oxygens (including phenoxy) is 1. The molecule has 0 spiro atoms. The van der Waals surface area contributed by atoms with E-state index < -0.39 is 0 Å². The summed E-state index contributed by atoms with van der Waals surface area (Å²) in [7, 11) is 0. The fourth-order valence-corrected chi connectivity index (χ4v) is 5.58. The molecular weight excluding hydrogens is 464 g/mol. The summed E-state index contributed by atoms with van der Waals surface area (Å²) in [6.07, 6.45) is 1.84. The van der Waals surface area contributed by atoms with Gasteiger partial charge in [-0.3, -0.25) is 4.98 Å². The number of hydrogen-bond donors (Lipinski definition) is 1. The molecule has 36 heavy (non-hydrogen) atoms. The van der Waals surface area contributed by atoms with E-state index in [2.05, 4.69) is 84.9 Å². The van der Waals surface area contributed by atoms with E-state index in [0.717, 1.165) is 17.1 Å². The average molecular weight is 497 g/mol. The second-order valence-electron chi connectivity index (χ2n) is 9.38. The molecule has 0 bridgehead atoms. The summed E-state index contributed by atoms with van der Waals surface area (Å²) in [5, 5.41) is 4.27. The van der Waals surface area contributed by atoms with Crippen molar-refractivity contribution in [1.82, 2.24) is 14.9 Å². The zero-order valence-corrected chi connectivity index (χ0v) is 22.3. The fraction of sp³-hybridized carbons (Fsp3) is 0.267. The molecule has 2 aromatic heterocycles. The number of rotatable bonds is 6. The molecule has 4 aromatic rings. The van der Waals surface area contributed by atoms with Crippen molar-refractivity contribution in [2.24, 2.45) is 0 Å². The molecule has 0 amide bonds. The highest BCUT2D eigenvalue weighted by atomic mass is 32.1. The van der Waals surface area contributed by atoms with Gasteiger partial charge in [0, 0.05) is 29.0 Å². The minimum Gasteiger partial charge on any atom is -0.494 e. The minimum absolute atomic E-state index is 0.0598. The smallest absolute Gasteiger partial charge is 0.174 e. The Balaban J connectivity index is 1.66. The van der Waals surface area contributed by atoms with Crippen LogP contribution in [0.2, 0.25) is 0 Å². The summed E-state index contributed by atoms with van der Waals surface area (Å²) in [5.74, 6) is 0.852. The fourth-order valence-electron chi connectivity index (χ4n) is 5.24. The molecule has 5 rings (SSSR count). The maximum absolute atomic E-state index is 5.92. The summed E-state index contributed by atoms with van der Waals surface area (Å²) in [6.45, 7) is 11.3. The largest absolute Gasteiger partial charge is 0.494 e. The van der Waals surface area contributed by atoms with Crippen LogP contribution in [0.25, 0.3) is 5.69 Å². The lowest BCUT2D eigenvalue weighted by atomic mass is 9.96. The molecule has 1 aliphatic heterocycles. The third kappa shape index (κ3) is 4.26. The molecule has 0 aliphatic carbocycles. The normalized spacial score (nSPS) is 17.4.